The summed E-state index contributed by atoms with van der Waals surface area (Å²) in [5.41, 5.74) is 7.16. The Morgan fingerprint density at radius 3 is 2.63 bits per heavy atom. The number of alkyl halides is 3. The number of hydrogen-bond donors (Lipinski definition) is 3. The highest BCUT2D eigenvalue weighted by Crippen LogP contribution is 2.38. The van der Waals surface area contributed by atoms with Crippen molar-refractivity contribution in [2.24, 2.45) is 0 Å². The molecular weight excluding hydrogens is 519 g/mol. The first-order chi connectivity index (χ1) is 18.0. The van der Waals surface area contributed by atoms with Gasteiger partial charge in [-0.1, -0.05) is 36.5 Å². The van der Waals surface area contributed by atoms with Crippen LogP contribution in [-0.2, 0) is 12.7 Å². The number of nitrogen functional groups attached to an aromatic ring is 1. The predicted octanol–water partition coefficient (Wildman–Crippen LogP) is 5.06. The molecule has 9 nitrogen and oxygen atoms in total. The number of halogens is 3. The molecule has 13 heteroatoms. The van der Waals surface area contributed by atoms with E-state index in [2.05, 4.69) is 25.9 Å². The van der Waals surface area contributed by atoms with Crippen molar-refractivity contribution in [1.82, 2.24) is 25.3 Å². The molecule has 0 atom stereocenters. The monoisotopic (exact) mass is 545 g/mol. The fraction of sp³-hybridized carbons (Fsp3) is 0.280. The summed E-state index contributed by atoms with van der Waals surface area (Å²) in [7, 11) is 1.35. The van der Waals surface area contributed by atoms with Crippen LogP contribution in [0.15, 0.2) is 42.7 Å². The second-order valence-electron chi connectivity index (χ2n) is 8.82. The van der Waals surface area contributed by atoms with Crippen molar-refractivity contribution in [1.29, 1.82) is 0 Å². The maximum absolute atomic E-state index is 13.7. The van der Waals surface area contributed by atoms with Crippen molar-refractivity contribution in [3.63, 3.8) is 0 Å². The van der Waals surface area contributed by atoms with Crippen LogP contribution in [0.1, 0.15) is 40.9 Å². The number of ether oxygens (including phenoxy) is 1. The second kappa shape index (κ2) is 10.8. The van der Waals surface area contributed by atoms with E-state index >= 15 is 0 Å². The Morgan fingerprint density at radius 1 is 1.24 bits per heavy atom. The van der Waals surface area contributed by atoms with Crippen LogP contribution in [0, 0.1) is 6.92 Å². The van der Waals surface area contributed by atoms with Gasteiger partial charge in [0.1, 0.15) is 11.4 Å². The standard InChI is InChI=1S/C25H26F3N7O2S/c1-13(2)30-10-16-7-17(25(26,27)28)9-18(22(16)37-4)32-23(36)15-6-5-14(3)20(8-15)35-12-19(33-34-35)21-11-31-24(29)38-21/h5-9,11-13,30H,10H2,1-4H3,(H2,29,31)(H,32,36). The molecule has 4 rings (SSSR count). The Hall–Kier alpha value is -3.97. The van der Waals surface area contributed by atoms with Crippen molar-refractivity contribution >= 4 is 28.1 Å². The molecule has 0 saturated carbocycles. The van der Waals surface area contributed by atoms with Crippen LogP contribution in [0.5, 0.6) is 5.75 Å². The molecule has 0 saturated heterocycles. The number of rotatable bonds is 8. The van der Waals surface area contributed by atoms with E-state index in [1.807, 2.05) is 20.8 Å². The SMILES string of the molecule is COc1c(CNC(C)C)cc(C(F)(F)F)cc1NC(=O)c1ccc(C)c(-n2cc(-c3cnc(N)s3)nn2)c1. The number of nitrogens with one attached hydrogen (secondary N) is 2. The highest BCUT2D eigenvalue weighted by atomic mass is 32.1. The average Bonchev–Trinajstić information content (AvgIpc) is 3.51. The van der Waals surface area contributed by atoms with Crippen molar-refractivity contribution < 1.29 is 22.7 Å². The second-order valence-corrected chi connectivity index (χ2v) is 9.88. The summed E-state index contributed by atoms with van der Waals surface area (Å²) >= 11 is 1.27. The number of methoxy groups -OCH3 is 1. The molecule has 2 aromatic heterocycles. The highest BCUT2D eigenvalue weighted by molar-refractivity contribution is 7.18. The van der Waals surface area contributed by atoms with E-state index in [0.717, 1.165) is 22.6 Å². The smallest absolute Gasteiger partial charge is 0.416 e. The molecule has 0 bridgehead atoms. The number of anilines is 2. The van der Waals surface area contributed by atoms with Crippen LogP contribution in [0.3, 0.4) is 0 Å². The molecule has 200 valence electrons. The maximum atomic E-state index is 13.7. The van der Waals surface area contributed by atoms with Crippen LogP contribution >= 0.6 is 11.3 Å². The number of nitrogens with zero attached hydrogens (tertiary/aromatic N) is 4. The lowest BCUT2D eigenvalue weighted by Gasteiger charge is -2.19. The topological polar surface area (TPSA) is 120 Å². The zero-order valence-electron chi connectivity index (χ0n) is 21.1. The third-order valence-corrected chi connectivity index (χ3v) is 6.48. The van der Waals surface area contributed by atoms with Crippen LogP contribution in [0.25, 0.3) is 16.3 Å². The lowest BCUT2D eigenvalue weighted by Crippen LogP contribution is -2.23. The Balaban J connectivity index is 1.66. The molecule has 38 heavy (non-hydrogen) atoms. The Bertz CT molecular complexity index is 1460. The molecule has 0 unspecified atom stereocenters. The lowest BCUT2D eigenvalue weighted by atomic mass is 10.1. The summed E-state index contributed by atoms with van der Waals surface area (Å²) in [6, 6.07) is 6.81. The fourth-order valence-corrected chi connectivity index (χ4v) is 4.36. The van der Waals surface area contributed by atoms with Gasteiger partial charge in [-0.15, -0.1) is 5.10 Å². The Kier molecular flexibility index (Phi) is 7.69. The fourth-order valence-electron chi connectivity index (χ4n) is 3.72. The van der Waals surface area contributed by atoms with Gasteiger partial charge in [-0.3, -0.25) is 4.79 Å². The van der Waals surface area contributed by atoms with Crippen molar-refractivity contribution in [3.05, 3.63) is 65.0 Å². The summed E-state index contributed by atoms with van der Waals surface area (Å²) in [4.78, 5) is 18.0. The number of hydrogen-bond acceptors (Lipinski definition) is 8. The molecule has 4 N–H and O–H groups in total. The van der Waals surface area contributed by atoms with Crippen molar-refractivity contribution in [3.8, 4) is 22.0 Å². The van der Waals surface area contributed by atoms with E-state index in [1.165, 1.54) is 23.1 Å². The minimum absolute atomic E-state index is 0.0315. The average molecular weight is 546 g/mol. The van der Waals surface area contributed by atoms with Crippen LogP contribution < -0.4 is 21.1 Å². The van der Waals surface area contributed by atoms with Gasteiger partial charge < -0.3 is 21.1 Å². The number of carbonyl (C=O) groups is 1. The molecule has 0 aliphatic rings. The highest BCUT2D eigenvalue weighted by Gasteiger charge is 2.33. The number of aromatic nitrogens is 4. The Labute approximate surface area is 220 Å². The van der Waals surface area contributed by atoms with E-state index in [9.17, 15) is 18.0 Å². The van der Waals surface area contributed by atoms with Crippen LogP contribution in [0.2, 0.25) is 0 Å². The summed E-state index contributed by atoms with van der Waals surface area (Å²) in [6.07, 6.45) is -1.33. The number of amides is 1. The molecule has 2 aromatic carbocycles. The summed E-state index contributed by atoms with van der Waals surface area (Å²) in [5.74, 6) is -0.459. The first-order valence-corrected chi connectivity index (χ1v) is 12.4. The quantitative estimate of drug-likeness (QED) is 0.283. The molecular formula is C25H26F3N7O2S. The lowest BCUT2D eigenvalue weighted by molar-refractivity contribution is -0.137. The first kappa shape index (κ1) is 27.1. The normalized spacial score (nSPS) is 11.7. The predicted molar refractivity (Wildman–Crippen MR) is 140 cm³/mol. The number of carbonyl (C=O) groups excluding carboxylic acids is 1. The zero-order valence-corrected chi connectivity index (χ0v) is 21.9. The molecule has 0 aliphatic carbocycles. The van der Waals surface area contributed by atoms with E-state index in [4.69, 9.17) is 10.5 Å². The van der Waals surface area contributed by atoms with Gasteiger partial charge in [0.2, 0.25) is 0 Å². The molecule has 4 aromatic rings. The molecule has 0 spiro atoms. The number of aryl methyl sites for hydroxylation is 1. The third-order valence-electron chi connectivity index (χ3n) is 5.63. The van der Waals surface area contributed by atoms with E-state index in [-0.39, 0.29) is 35.2 Å². The van der Waals surface area contributed by atoms with Gasteiger partial charge in [-0.2, -0.15) is 13.2 Å². The largest absolute Gasteiger partial charge is 0.494 e. The van der Waals surface area contributed by atoms with Crippen molar-refractivity contribution in [2.75, 3.05) is 18.2 Å². The molecule has 0 fully saturated rings. The van der Waals surface area contributed by atoms with Crippen molar-refractivity contribution in [2.45, 2.75) is 39.5 Å². The van der Waals surface area contributed by atoms with Gasteiger partial charge in [0.05, 0.1) is 35.1 Å². The minimum atomic E-state index is -4.61. The van der Waals surface area contributed by atoms with Gasteiger partial charge >= 0.3 is 6.18 Å². The molecule has 1 amide bonds. The first-order valence-electron chi connectivity index (χ1n) is 11.5. The Morgan fingerprint density at radius 2 is 2.00 bits per heavy atom. The number of nitrogens with two attached hydrogens (primary N) is 1. The summed E-state index contributed by atoms with van der Waals surface area (Å²) in [5, 5.41) is 14.4. The molecule has 0 aliphatic heterocycles. The number of benzene rings is 2. The van der Waals surface area contributed by atoms with E-state index in [1.54, 1.807) is 30.6 Å². The van der Waals surface area contributed by atoms with Gasteiger partial charge in [0.15, 0.2) is 5.13 Å². The van der Waals surface area contributed by atoms with Gasteiger partial charge in [0.25, 0.3) is 5.91 Å². The molecule has 2 heterocycles. The van der Waals surface area contributed by atoms with Crippen LogP contribution in [0.4, 0.5) is 24.0 Å². The van der Waals surface area contributed by atoms with Gasteiger partial charge in [-0.05, 0) is 36.8 Å². The van der Waals surface area contributed by atoms with Crippen LogP contribution in [-0.4, -0.2) is 39.0 Å². The molecule has 0 radical (unpaired) electrons. The van der Waals surface area contributed by atoms with Gasteiger partial charge in [0, 0.05) is 29.9 Å². The number of thiazole rings is 1. The van der Waals surface area contributed by atoms with Gasteiger partial charge in [-0.25, -0.2) is 9.67 Å². The maximum Gasteiger partial charge on any atom is 0.416 e. The zero-order chi connectivity index (χ0) is 27.6. The summed E-state index contributed by atoms with van der Waals surface area (Å²) in [6.45, 7) is 5.72. The van der Waals surface area contributed by atoms with E-state index < -0.39 is 17.6 Å². The minimum Gasteiger partial charge on any atom is -0.494 e. The summed E-state index contributed by atoms with van der Waals surface area (Å²) < 4.78 is 47.9. The third kappa shape index (κ3) is 5.94. The van der Waals surface area contributed by atoms with E-state index in [0.29, 0.717) is 16.5 Å².